The van der Waals surface area contributed by atoms with E-state index in [1.54, 1.807) is 17.5 Å². The molecule has 0 saturated carbocycles. The second-order valence-electron chi connectivity index (χ2n) is 6.54. The van der Waals surface area contributed by atoms with Gasteiger partial charge in [0.25, 0.3) is 0 Å². The first-order valence-electron chi connectivity index (χ1n) is 8.71. The Hall–Kier alpha value is -1.26. The number of halogens is 1. The fourth-order valence-electron chi connectivity index (χ4n) is 3.04. The monoisotopic (exact) mass is 471 g/mol. The van der Waals surface area contributed by atoms with Crippen molar-refractivity contribution < 1.29 is 13.2 Å². The predicted octanol–water partition coefficient (Wildman–Crippen LogP) is 3.28. The van der Waals surface area contributed by atoms with Crippen LogP contribution in [-0.2, 0) is 14.8 Å². The number of sulfonamides is 1. The van der Waals surface area contributed by atoms with Crippen LogP contribution in [0, 0.1) is 0 Å². The van der Waals surface area contributed by atoms with Gasteiger partial charge in [-0.25, -0.2) is 13.1 Å². The first kappa shape index (κ1) is 20.5. The summed E-state index contributed by atoms with van der Waals surface area (Å²) >= 11 is 4.59. The van der Waals surface area contributed by atoms with Gasteiger partial charge < -0.3 is 5.32 Å². The Morgan fingerprint density at radius 3 is 2.48 bits per heavy atom. The minimum absolute atomic E-state index is 0.0602. The molecular weight excluding hydrogens is 450 g/mol. The van der Waals surface area contributed by atoms with Gasteiger partial charge in [-0.2, -0.15) is 0 Å². The van der Waals surface area contributed by atoms with Gasteiger partial charge in [-0.05, 0) is 55.5 Å². The molecule has 0 radical (unpaired) electrons. The van der Waals surface area contributed by atoms with Crippen LogP contribution in [0.2, 0.25) is 0 Å². The summed E-state index contributed by atoms with van der Waals surface area (Å²) < 4.78 is 28.7. The minimum atomic E-state index is -3.45. The number of carbonyl (C=O) groups is 1. The molecule has 2 N–H and O–H groups in total. The molecule has 1 atom stereocenters. The van der Waals surface area contributed by atoms with Gasteiger partial charge in [0.2, 0.25) is 15.9 Å². The summed E-state index contributed by atoms with van der Waals surface area (Å²) in [6.45, 7) is 3.23. The molecule has 2 aromatic rings. The standard InChI is InChI=1S/C18H22BrN3O3S2/c1-13(18(23)20-15-6-4-14(19)5-7-15)22-10-8-16(9-11-22)21-27(24,25)17-3-2-12-26-17/h2-7,12-13,16,21H,8-11H2,1H3,(H,20,23)/t13-/m0/s1. The lowest BCUT2D eigenvalue weighted by Gasteiger charge is -2.35. The number of rotatable bonds is 6. The zero-order valence-corrected chi connectivity index (χ0v) is 18.1. The highest BCUT2D eigenvalue weighted by Crippen LogP contribution is 2.20. The molecule has 1 aliphatic heterocycles. The van der Waals surface area contributed by atoms with Crippen molar-refractivity contribution in [2.45, 2.75) is 36.1 Å². The van der Waals surface area contributed by atoms with Gasteiger partial charge in [0.05, 0.1) is 6.04 Å². The molecule has 1 aliphatic rings. The molecule has 9 heteroatoms. The van der Waals surface area contributed by atoms with E-state index in [0.29, 0.717) is 30.1 Å². The van der Waals surface area contributed by atoms with Crippen LogP contribution in [0.25, 0.3) is 0 Å². The van der Waals surface area contributed by atoms with Crippen molar-refractivity contribution in [3.63, 3.8) is 0 Å². The van der Waals surface area contributed by atoms with Gasteiger partial charge in [-0.1, -0.05) is 22.0 Å². The molecular formula is C18H22BrN3O3S2. The summed E-state index contributed by atoms with van der Waals surface area (Å²) in [4.78, 5) is 14.6. The van der Waals surface area contributed by atoms with Crippen LogP contribution in [0.4, 0.5) is 5.69 Å². The number of hydrogen-bond donors (Lipinski definition) is 2. The Labute approximate surface area is 172 Å². The van der Waals surface area contributed by atoms with Crippen molar-refractivity contribution in [2.24, 2.45) is 0 Å². The predicted molar refractivity (Wildman–Crippen MR) is 111 cm³/mol. The smallest absolute Gasteiger partial charge is 0.250 e. The maximum absolute atomic E-state index is 12.5. The third kappa shape index (κ3) is 5.39. The number of benzene rings is 1. The maximum atomic E-state index is 12.5. The summed E-state index contributed by atoms with van der Waals surface area (Å²) in [7, 11) is -3.45. The van der Waals surface area contributed by atoms with Gasteiger partial charge in [0, 0.05) is 29.3 Å². The number of hydrogen-bond acceptors (Lipinski definition) is 5. The fraction of sp³-hybridized carbons (Fsp3) is 0.389. The third-order valence-electron chi connectivity index (χ3n) is 4.65. The summed E-state index contributed by atoms with van der Waals surface area (Å²) in [6.07, 6.45) is 1.36. The summed E-state index contributed by atoms with van der Waals surface area (Å²) in [6, 6.07) is 10.4. The lowest BCUT2D eigenvalue weighted by atomic mass is 10.0. The molecule has 1 saturated heterocycles. The molecule has 0 unspecified atom stereocenters. The van der Waals surface area contributed by atoms with Crippen molar-refractivity contribution in [1.29, 1.82) is 0 Å². The lowest BCUT2D eigenvalue weighted by Crippen LogP contribution is -2.50. The summed E-state index contributed by atoms with van der Waals surface area (Å²) in [5.74, 6) is -0.0602. The highest BCUT2D eigenvalue weighted by atomic mass is 79.9. The van der Waals surface area contributed by atoms with E-state index in [1.807, 2.05) is 31.2 Å². The van der Waals surface area contributed by atoms with E-state index in [-0.39, 0.29) is 18.0 Å². The van der Waals surface area contributed by atoms with E-state index >= 15 is 0 Å². The van der Waals surface area contributed by atoms with Gasteiger partial charge in [0.1, 0.15) is 4.21 Å². The van der Waals surface area contributed by atoms with Crippen LogP contribution in [0.1, 0.15) is 19.8 Å². The molecule has 1 fully saturated rings. The minimum Gasteiger partial charge on any atom is -0.325 e. The average molecular weight is 472 g/mol. The first-order chi connectivity index (χ1) is 12.8. The van der Waals surface area contributed by atoms with Crippen LogP contribution in [0.3, 0.4) is 0 Å². The molecule has 0 bridgehead atoms. The average Bonchev–Trinajstić information content (AvgIpc) is 3.19. The van der Waals surface area contributed by atoms with E-state index < -0.39 is 10.0 Å². The van der Waals surface area contributed by atoms with Gasteiger partial charge in [0.15, 0.2) is 0 Å². The summed E-state index contributed by atoms with van der Waals surface area (Å²) in [5, 5.41) is 4.68. The Balaban J connectivity index is 1.51. The van der Waals surface area contributed by atoms with Crippen LogP contribution < -0.4 is 10.0 Å². The van der Waals surface area contributed by atoms with E-state index in [9.17, 15) is 13.2 Å². The largest absolute Gasteiger partial charge is 0.325 e. The SMILES string of the molecule is C[C@@H](C(=O)Nc1ccc(Br)cc1)N1CCC(NS(=O)(=O)c2cccs2)CC1. The number of nitrogens with one attached hydrogen (secondary N) is 2. The van der Waals surface area contributed by atoms with E-state index in [2.05, 4.69) is 30.9 Å². The highest BCUT2D eigenvalue weighted by molar-refractivity contribution is 9.10. The van der Waals surface area contributed by atoms with E-state index in [1.165, 1.54) is 11.3 Å². The number of thiophene rings is 1. The van der Waals surface area contributed by atoms with Gasteiger partial charge in [-0.15, -0.1) is 11.3 Å². The number of likely N-dealkylation sites (tertiary alicyclic amines) is 1. The van der Waals surface area contributed by atoms with Crippen LogP contribution in [0.5, 0.6) is 0 Å². The van der Waals surface area contributed by atoms with E-state index in [4.69, 9.17) is 0 Å². The number of nitrogens with zero attached hydrogens (tertiary/aromatic N) is 1. The molecule has 1 aromatic carbocycles. The van der Waals surface area contributed by atoms with Crippen molar-refractivity contribution in [2.75, 3.05) is 18.4 Å². The number of amides is 1. The molecule has 1 aromatic heterocycles. The van der Waals surface area contributed by atoms with Crippen LogP contribution >= 0.6 is 27.3 Å². The molecule has 0 aliphatic carbocycles. The third-order valence-corrected chi connectivity index (χ3v) is 8.10. The van der Waals surface area contributed by atoms with E-state index in [0.717, 1.165) is 10.2 Å². The van der Waals surface area contributed by atoms with Gasteiger partial charge in [-0.3, -0.25) is 9.69 Å². The Morgan fingerprint density at radius 2 is 1.89 bits per heavy atom. The molecule has 0 spiro atoms. The fourth-order valence-corrected chi connectivity index (χ4v) is 5.62. The maximum Gasteiger partial charge on any atom is 0.250 e. The number of piperidine rings is 1. The number of anilines is 1. The highest BCUT2D eigenvalue weighted by Gasteiger charge is 2.29. The van der Waals surface area contributed by atoms with Crippen molar-refractivity contribution in [3.05, 3.63) is 46.3 Å². The van der Waals surface area contributed by atoms with Crippen LogP contribution in [0.15, 0.2) is 50.5 Å². The van der Waals surface area contributed by atoms with Crippen molar-refractivity contribution >= 4 is 48.9 Å². The quantitative estimate of drug-likeness (QED) is 0.677. The van der Waals surface area contributed by atoms with Crippen molar-refractivity contribution in [1.82, 2.24) is 9.62 Å². The molecule has 6 nitrogen and oxygen atoms in total. The first-order valence-corrected chi connectivity index (χ1v) is 11.9. The Kier molecular flexibility index (Phi) is 6.69. The molecule has 1 amide bonds. The molecule has 2 heterocycles. The molecule has 146 valence electrons. The Bertz CT molecular complexity index is 862. The Morgan fingerprint density at radius 1 is 1.22 bits per heavy atom. The number of carbonyl (C=O) groups excluding carboxylic acids is 1. The summed E-state index contributed by atoms with van der Waals surface area (Å²) in [5.41, 5.74) is 0.758. The molecule has 27 heavy (non-hydrogen) atoms. The topological polar surface area (TPSA) is 78.5 Å². The van der Waals surface area contributed by atoms with Gasteiger partial charge >= 0.3 is 0 Å². The molecule has 3 rings (SSSR count). The lowest BCUT2D eigenvalue weighted by molar-refractivity contribution is -0.121. The van der Waals surface area contributed by atoms with Crippen LogP contribution in [-0.4, -0.2) is 44.4 Å². The normalized spacial score (nSPS) is 17.6. The second kappa shape index (κ2) is 8.83. The second-order valence-corrected chi connectivity index (χ2v) is 10.3. The van der Waals surface area contributed by atoms with Crippen molar-refractivity contribution in [3.8, 4) is 0 Å². The zero-order valence-electron chi connectivity index (χ0n) is 14.9. The zero-order chi connectivity index (χ0) is 19.4.